The van der Waals surface area contributed by atoms with Crippen LogP contribution in [0.25, 0.3) is 0 Å². The van der Waals surface area contributed by atoms with Crippen LogP contribution >= 0.6 is 11.3 Å². The third kappa shape index (κ3) is 2.96. The zero-order valence-corrected chi connectivity index (χ0v) is 11.4. The topological polar surface area (TPSA) is 29.9 Å². The van der Waals surface area contributed by atoms with E-state index in [9.17, 15) is 0 Å². The number of thiophene rings is 1. The number of imidazole rings is 1. The first-order valence-electron chi connectivity index (χ1n) is 5.94. The Morgan fingerprint density at radius 2 is 2.24 bits per heavy atom. The van der Waals surface area contributed by atoms with Gasteiger partial charge in [-0.2, -0.15) is 11.3 Å². The lowest BCUT2D eigenvalue weighted by molar-refractivity contribution is 0.519. The molecule has 92 valence electrons. The highest BCUT2D eigenvalue weighted by Crippen LogP contribution is 2.16. The van der Waals surface area contributed by atoms with Crippen LogP contribution in [0.15, 0.2) is 29.4 Å². The molecule has 1 N–H and O–H groups in total. The van der Waals surface area contributed by atoms with Gasteiger partial charge in [-0.25, -0.2) is 4.98 Å². The maximum absolute atomic E-state index is 4.21. The van der Waals surface area contributed by atoms with E-state index >= 15 is 0 Å². The second-order valence-electron chi connectivity index (χ2n) is 4.55. The van der Waals surface area contributed by atoms with Crippen molar-refractivity contribution in [2.24, 2.45) is 0 Å². The first-order chi connectivity index (χ1) is 8.18. The minimum atomic E-state index is 0.386. The van der Waals surface area contributed by atoms with Crippen molar-refractivity contribution in [2.45, 2.75) is 39.4 Å². The fraction of sp³-hybridized carbons (Fsp3) is 0.462. The summed E-state index contributed by atoms with van der Waals surface area (Å²) in [5.41, 5.74) is 2.59. The van der Waals surface area contributed by atoms with Crippen LogP contribution in [0.5, 0.6) is 0 Å². The van der Waals surface area contributed by atoms with Crippen molar-refractivity contribution in [1.82, 2.24) is 14.9 Å². The molecule has 0 saturated carbocycles. The van der Waals surface area contributed by atoms with Gasteiger partial charge in [0.2, 0.25) is 0 Å². The highest BCUT2D eigenvalue weighted by Gasteiger charge is 2.08. The molecule has 0 aliphatic heterocycles. The standard InChI is InChI=1S/C13H19N3S/c1-10(2)16-9-14-6-13(16)7-15-11(3)12-4-5-17-8-12/h4-6,8-11,15H,7H2,1-3H3. The van der Waals surface area contributed by atoms with Crippen LogP contribution < -0.4 is 5.32 Å². The average molecular weight is 249 g/mol. The molecule has 0 saturated heterocycles. The fourth-order valence-corrected chi connectivity index (χ4v) is 2.58. The number of nitrogens with zero attached hydrogens (tertiary/aromatic N) is 2. The number of hydrogen-bond donors (Lipinski definition) is 1. The summed E-state index contributed by atoms with van der Waals surface area (Å²) >= 11 is 1.74. The van der Waals surface area contributed by atoms with Crippen LogP contribution in [0.1, 0.15) is 44.1 Å². The van der Waals surface area contributed by atoms with E-state index in [0.29, 0.717) is 12.1 Å². The van der Waals surface area contributed by atoms with Crippen LogP contribution in [0.3, 0.4) is 0 Å². The molecule has 0 fully saturated rings. The second-order valence-corrected chi connectivity index (χ2v) is 5.33. The first-order valence-corrected chi connectivity index (χ1v) is 6.89. The third-order valence-electron chi connectivity index (χ3n) is 2.94. The molecule has 2 heterocycles. The van der Waals surface area contributed by atoms with E-state index in [1.807, 2.05) is 12.5 Å². The van der Waals surface area contributed by atoms with Crippen LogP contribution in [0, 0.1) is 0 Å². The van der Waals surface area contributed by atoms with E-state index in [2.05, 4.69) is 52.5 Å². The molecule has 0 radical (unpaired) electrons. The Balaban J connectivity index is 1.96. The zero-order valence-electron chi connectivity index (χ0n) is 10.6. The largest absolute Gasteiger partial charge is 0.331 e. The second kappa shape index (κ2) is 5.47. The highest BCUT2D eigenvalue weighted by molar-refractivity contribution is 7.07. The van der Waals surface area contributed by atoms with Crippen molar-refractivity contribution < 1.29 is 0 Å². The van der Waals surface area contributed by atoms with Gasteiger partial charge in [-0.1, -0.05) is 0 Å². The summed E-state index contributed by atoms with van der Waals surface area (Å²) in [6, 6.07) is 3.02. The van der Waals surface area contributed by atoms with E-state index in [4.69, 9.17) is 0 Å². The van der Waals surface area contributed by atoms with Crippen molar-refractivity contribution in [1.29, 1.82) is 0 Å². The molecular weight excluding hydrogens is 230 g/mol. The molecule has 0 spiro atoms. The van der Waals surface area contributed by atoms with Crippen LogP contribution in [-0.4, -0.2) is 9.55 Å². The minimum absolute atomic E-state index is 0.386. The number of rotatable bonds is 5. The van der Waals surface area contributed by atoms with Gasteiger partial charge in [0.15, 0.2) is 0 Å². The van der Waals surface area contributed by atoms with Gasteiger partial charge in [0.05, 0.1) is 12.0 Å². The van der Waals surface area contributed by atoms with Gasteiger partial charge in [0.25, 0.3) is 0 Å². The molecular formula is C13H19N3S. The maximum atomic E-state index is 4.21. The molecule has 0 bridgehead atoms. The molecule has 0 aromatic carbocycles. The van der Waals surface area contributed by atoms with E-state index in [-0.39, 0.29) is 0 Å². The van der Waals surface area contributed by atoms with Crippen molar-refractivity contribution >= 4 is 11.3 Å². The Hall–Kier alpha value is -1.13. The SMILES string of the molecule is CC(NCc1cncn1C(C)C)c1ccsc1. The Bertz CT molecular complexity index is 445. The summed E-state index contributed by atoms with van der Waals surface area (Å²) in [6.07, 6.45) is 3.84. The summed E-state index contributed by atoms with van der Waals surface area (Å²) in [4.78, 5) is 4.21. The zero-order chi connectivity index (χ0) is 12.3. The van der Waals surface area contributed by atoms with Gasteiger partial charge in [0, 0.05) is 24.8 Å². The van der Waals surface area contributed by atoms with E-state index in [1.54, 1.807) is 11.3 Å². The smallest absolute Gasteiger partial charge is 0.0951 e. The summed E-state index contributed by atoms with van der Waals surface area (Å²) in [7, 11) is 0. The Labute approximate surface area is 107 Å². The van der Waals surface area contributed by atoms with Gasteiger partial charge in [0.1, 0.15) is 0 Å². The van der Waals surface area contributed by atoms with Gasteiger partial charge in [-0.3, -0.25) is 0 Å². The lowest BCUT2D eigenvalue weighted by Crippen LogP contribution is -2.20. The first kappa shape index (κ1) is 12.3. The normalized spacial score (nSPS) is 13.2. The van der Waals surface area contributed by atoms with Crippen LogP contribution in [0.4, 0.5) is 0 Å². The van der Waals surface area contributed by atoms with Crippen molar-refractivity contribution in [3.8, 4) is 0 Å². The molecule has 4 heteroatoms. The molecule has 2 rings (SSSR count). The summed E-state index contributed by atoms with van der Waals surface area (Å²) in [6.45, 7) is 7.40. The lowest BCUT2D eigenvalue weighted by atomic mass is 10.2. The van der Waals surface area contributed by atoms with Gasteiger partial charge >= 0.3 is 0 Å². The van der Waals surface area contributed by atoms with Gasteiger partial charge in [-0.15, -0.1) is 0 Å². The molecule has 0 aliphatic rings. The van der Waals surface area contributed by atoms with E-state index < -0.39 is 0 Å². The molecule has 1 unspecified atom stereocenters. The average Bonchev–Trinajstić information content (AvgIpc) is 2.96. The van der Waals surface area contributed by atoms with Crippen molar-refractivity contribution in [3.05, 3.63) is 40.6 Å². The Morgan fingerprint density at radius 1 is 1.41 bits per heavy atom. The summed E-state index contributed by atoms with van der Waals surface area (Å²) in [5.74, 6) is 0. The monoisotopic (exact) mass is 249 g/mol. The number of aromatic nitrogens is 2. The molecule has 17 heavy (non-hydrogen) atoms. The predicted molar refractivity (Wildman–Crippen MR) is 72.2 cm³/mol. The summed E-state index contributed by atoms with van der Waals surface area (Å²) in [5, 5.41) is 7.84. The summed E-state index contributed by atoms with van der Waals surface area (Å²) < 4.78 is 2.20. The fourth-order valence-electron chi connectivity index (χ4n) is 1.83. The number of nitrogens with one attached hydrogen (secondary N) is 1. The molecule has 3 nitrogen and oxygen atoms in total. The molecule has 2 aromatic heterocycles. The molecule has 2 aromatic rings. The van der Waals surface area contributed by atoms with Gasteiger partial charge < -0.3 is 9.88 Å². The van der Waals surface area contributed by atoms with E-state index in [0.717, 1.165) is 6.54 Å². The number of hydrogen-bond acceptors (Lipinski definition) is 3. The Kier molecular flexibility index (Phi) is 3.97. The predicted octanol–water partition coefficient (Wildman–Crippen LogP) is 3.38. The molecule has 0 aliphatic carbocycles. The highest BCUT2D eigenvalue weighted by atomic mass is 32.1. The molecule has 1 atom stereocenters. The quantitative estimate of drug-likeness (QED) is 0.880. The third-order valence-corrected chi connectivity index (χ3v) is 3.64. The maximum Gasteiger partial charge on any atom is 0.0951 e. The van der Waals surface area contributed by atoms with Crippen LogP contribution in [-0.2, 0) is 6.54 Å². The van der Waals surface area contributed by atoms with Gasteiger partial charge in [-0.05, 0) is 43.2 Å². The van der Waals surface area contributed by atoms with Crippen molar-refractivity contribution in [3.63, 3.8) is 0 Å². The van der Waals surface area contributed by atoms with Crippen LogP contribution in [0.2, 0.25) is 0 Å². The Morgan fingerprint density at radius 3 is 2.88 bits per heavy atom. The lowest BCUT2D eigenvalue weighted by Gasteiger charge is -2.15. The minimum Gasteiger partial charge on any atom is -0.331 e. The molecule has 0 amide bonds. The van der Waals surface area contributed by atoms with E-state index in [1.165, 1.54) is 11.3 Å². The van der Waals surface area contributed by atoms with Crippen molar-refractivity contribution in [2.75, 3.05) is 0 Å².